The Balaban J connectivity index is 0.00000280. The number of amides is 1. The van der Waals surface area contributed by atoms with Crippen LogP contribution in [0.5, 0.6) is 0 Å². The zero-order valence-corrected chi connectivity index (χ0v) is 18.6. The SMILES string of the molecule is CNC1CCCN(C(=O)c2cc(S(=O)(=O)N3CCCCC3C)ccc2C)C1.Cl. The summed E-state index contributed by atoms with van der Waals surface area (Å²) in [6.45, 7) is 5.76. The summed E-state index contributed by atoms with van der Waals surface area (Å²) in [5, 5.41) is 3.24. The largest absolute Gasteiger partial charge is 0.337 e. The molecule has 1 aromatic rings. The second kappa shape index (κ2) is 9.57. The quantitative estimate of drug-likeness (QED) is 0.798. The molecule has 2 aliphatic heterocycles. The summed E-state index contributed by atoms with van der Waals surface area (Å²) in [5.41, 5.74) is 1.31. The predicted molar refractivity (Wildman–Crippen MR) is 114 cm³/mol. The van der Waals surface area contributed by atoms with Crippen molar-refractivity contribution in [1.29, 1.82) is 0 Å². The molecule has 8 heteroatoms. The van der Waals surface area contributed by atoms with Gasteiger partial charge in [0.15, 0.2) is 0 Å². The molecule has 1 aromatic carbocycles. The van der Waals surface area contributed by atoms with Crippen molar-refractivity contribution in [2.45, 2.75) is 62.9 Å². The molecule has 2 aliphatic rings. The third-order valence-corrected chi connectivity index (χ3v) is 7.91. The van der Waals surface area contributed by atoms with E-state index in [1.807, 2.05) is 25.8 Å². The second-order valence-corrected chi connectivity index (χ2v) is 9.71. The Bertz CT molecular complexity index is 800. The highest BCUT2D eigenvalue weighted by Crippen LogP contribution is 2.27. The fourth-order valence-corrected chi connectivity index (χ4v) is 5.85. The van der Waals surface area contributed by atoms with Crippen molar-refractivity contribution < 1.29 is 13.2 Å². The van der Waals surface area contributed by atoms with Crippen LogP contribution in [0.4, 0.5) is 0 Å². The summed E-state index contributed by atoms with van der Waals surface area (Å²) in [6, 6.07) is 5.27. The molecule has 2 heterocycles. The van der Waals surface area contributed by atoms with Crippen molar-refractivity contribution in [3.63, 3.8) is 0 Å². The van der Waals surface area contributed by atoms with Crippen LogP contribution in [-0.2, 0) is 10.0 Å². The molecule has 0 saturated carbocycles. The fraction of sp³-hybridized carbons (Fsp3) is 0.650. The fourth-order valence-electron chi connectivity index (χ4n) is 4.12. The number of hydrogen-bond donors (Lipinski definition) is 1. The zero-order valence-electron chi connectivity index (χ0n) is 17.0. The van der Waals surface area contributed by atoms with E-state index in [0.717, 1.165) is 44.2 Å². The minimum absolute atomic E-state index is 0. The zero-order chi connectivity index (χ0) is 19.6. The Morgan fingerprint density at radius 3 is 2.57 bits per heavy atom. The Morgan fingerprint density at radius 1 is 1.14 bits per heavy atom. The molecule has 3 rings (SSSR count). The molecular weight excluding hydrogens is 398 g/mol. The van der Waals surface area contributed by atoms with Gasteiger partial charge in [-0.15, -0.1) is 12.4 Å². The Hall–Kier alpha value is -1.15. The number of likely N-dealkylation sites (tertiary alicyclic amines) is 1. The van der Waals surface area contributed by atoms with E-state index >= 15 is 0 Å². The summed E-state index contributed by atoms with van der Waals surface area (Å²) < 4.78 is 27.9. The van der Waals surface area contributed by atoms with Crippen molar-refractivity contribution in [2.75, 3.05) is 26.7 Å². The van der Waals surface area contributed by atoms with Crippen LogP contribution in [0.3, 0.4) is 0 Å². The lowest BCUT2D eigenvalue weighted by Gasteiger charge is -2.33. The van der Waals surface area contributed by atoms with E-state index in [1.54, 1.807) is 22.5 Å². The van der Waals surface area contributed by atoms with Gasteiger partial charge in [0.1, 0.15) is 0 Å². The summed E-state index contributed by atoms with van der Waals surface area (Å²) >= 11 is 0. The normalized spacial score (nSPS) is 23.9. The minimum Gasteiger partial charge on any atom is -0.337 e. The highest BCUT2D eigenvalue weighted by Gasteiger charge is 2.32. The topological polar surface area (TPSA) is 69.7 Å². The number of likely N-dealkylation sites (N-methyl/N-ethyl adjacent to an activating group) is 1. The molecule has 0 radical (unpaired) electrons. The molecule has 1 amide bonds. The van der Waals surface area contributed by atoms with E-state index in [9.17, 15) is 13.2 Å². The van der Waals surface area contributed by atoms with Crippen LogP contribution in [0, 0.1) is 6.92 Å². The molecule has 0 spiro atoms. The summed E-state index contributed by atoms with van der Waals surface area (Å²) in [6.07, 6.45) is 4.85. The first-order valence-electron chi connectivity index (χ1n) is 9.93. The molecule has 0 aromatic heterocycles. The summed E-state index contributed by atoms with van der Waals surface area (Å²) in [7, 11) is -1.67. The van der Waals surface area contributed by atoms with Crippen LogP contribution < -0.4 is 5.32 Å². The maximum atomic E-state index is 13.1. The van der Waals surface area contributed by atoms with Gasteiger partial charge in [-0.05, 0) is 64.3 Å². The van der Waals surface area contributed by atoms with Gasteiger partial charge in [-0.1, -0.05) is 12.5 Å². The van der Waals surface area contributed by atoms with Crippen LogP contribution in [-0.4, -0.2) is 62.3 Å². The molecular formula is C20H32ClN3O3S. The van der Waals surface area contributed by atoms with Crippen LogP contribution in [0.1, 0.15) is 54.9 Å². The van der Waals surface area contributed by atoms with E-state index in [4.69, 9.17) is 0 Å². The number of halogens is 1. The van der Waals surface area contributed by atoms with Crippen molar-refractivity contribution in [2.24, 2.45) is 0 Å². The minimum atomic E-state index is -3.58. The predicted octanol–water partition coefficient (Wildman–Crippen LogP) is 2.80. The van der Waals surface area contributed by atoms with Gasteiger partial charge in [0, 0.05) is 37.3 Å². The monoisotopic (exact) mass is 429 g/mol. The third kappa shape index (κ3) is 4.70. The van der Waals surface area contributed by atoms with Gasteiger partial charge in [-0.25, -0.2) is 8.42 Å². The number of benzene rings is 1. The van der Waals surface area contributed by atoms with Gasteiger partial charge in [-0.2, -0.15) is 4.31 Å². The number of rotatable bonds is 4. The molecule has 2 fully saturated rings. The maximum Gasteiger partial charge on any atom is 0.254 e. The van der Waals surface area contributed by atoms with Gasteiger partial charge in [0.25, 0.3) is 5.91 Å². The number of sulfonamides is 1. The molecule has 28 heavy (non-hydrogen) atoms. The number of nitrogens with one attached hydrogen (secondary N) is 1. The van der Waals surface area contributed by atoms with E-state index in [-0.39, 0.29) is 29.3 Å². The van der Waals surface area contributed by atoms with Crippen molar-refractivity contribution in [3.05, 3.63) is 29.3 Å². The van der Waals surface area contributed by atoms with Gasteiger partial charge in [-0.3, -0.25) is 4.79 Å². The number of aryl methyl sites for hydroxylation is 1. The first kappa shape index (κ1) is 23.1. The average molecular weight is 430 g/mol. The highest BCUT2D eigenvalue weighted by molar-refractivity contribution is 7.89. The van der Waals surface area contributed by atoms with Crippen molar-refractivity contribution in [3.8, 4) is 0 Å². The van der Waals surface area contributed by atoms with E-state index in [0.29, 0.717) is 24.7 Å². The lowest BCUT2D eigenvalue weighted by molar-refractivity contribution is 0.0697. The summed E-state index contributed by atoms with van der Waals surface area (Å²) in [4.78, 5) is 15.2. The first-order chi connectivity index (χ1) is 12.8. The Kier molecular flexibility index (Phi) is 7.90. The number of hydrogen-bond acceptors (Lipinski definition) is 4. The van der Waals surface area contributed by atoms with E-state index < -0.39 is 10.0 Å². The molecule has 1 N–H and O–H groups in total. The van der Waals surface area contributed by atoms with Crippen molar-refractivity contribution >= 4 is 28.3 Å². The van der Waals surface area contributed by atoms with Gasteiger partial charge in [0.2, 0.25) is 10.0 Å². The smallest absolute Gasteiger partial charge is 0.254 e. The van der Waals surface area contributed by atoms with Gasteiger partial charge < -0.3 is 10.2 Å². The standard InChI is InChI=1S/C20H31N3O3S.ClH/c1-15-9-10-18(27(25,26)23-12-5-4-7-16(23)2)13-19(15)20(24)22-11-6-8-17(14-22)21-3;/h9-10,13,16-17,21H,4-8,11-12,14H2,1-3H3;1H. The molecule has 0 aliphatic carbocycles. The number of carbonyl (C=O) groups is 1. The van der Waals surface area contributed by atoms with Gasteiger partial charge in [0.05, 0.1) is 4.90 Å². The number of carbonyl (C=O) groups excluding carboxylic acids is 1. The van der Waals surface area contributed by atoms with Crippen LogP contribution in [0.15, 0.2) is 23.1 Å². The number of nitrogens with zero attached hydrogens (tertiary/aromatic N) is 2. The first-order valence-corrected chi connectivity index (χ1v) is 11.4. The molecule has 2 atom stereocenters. The molecule has 2 saturated heterocycles. The lowest BCUT2D eigenvalue weighted by atomic mass is 10.0. The van der Waals surface area contributed by atoms with E-state index in [2.05, 4.69) is 5.32 Å². The molecule has 158 valence electrons. The highest BCUT2D eigenvalue weighted by atomic mass is 35.5. The lowest BCUT2D eigenvalue weighted by Crippen LogP contribution is -2.47. The van der Waals surface area contributed by atoms with Crippen molar-refractivity contribution in [1.82, 2.24) is 14.5 Å². The third-order valence-electron chi connectivity index (χ3n) is 5.90. The maximum absolute atomic E-state index is 13.1. The molecule has 0 bridgehead atoms. The molecule has 6 nitrogen and oxygen atoms in total. The van der Waals surface area contributed by atoms with Crippen LogP contribution in [0.25, 0.3) is 0 Å². The molecule has 2 unspecified atom stereocenters. The Labute approximate surface area is 175 Å². The Morgan fingerprint density at radius 2 is 1.89 bits per heavy atom. The average Bonchev–Trinajstić information content (AvgIpc) is 2.68. The summed E-state index contributed by atoms with van der Waals surface area (Å²) in [5.74, 6) is -0.0730. The van der Waals surface area contributed by atoms with Gasteiger partial charge >= 0.3 is 0 Å². The number of piperidine rings is 2. The van der Waals surface area contributed by atoms with Crippen LogP contribution >= 0.6 is 12.4 Å². The van der Waals surface area contributed by atoms with Crippen LogP contribution in [0.2, 0.25) is 0 Å². The van der Waals surface area contributed by atoms with E-state index in [1.165, 1.54) is 0 Å². The second-order valence-electron chi connectivity index (χ2n) is 7.82.